The topological polar surface area (TPSA) is 27.0 Å². The zero-order chi connectivity index (χ0) is 13.8. The molecule has 18 heavy (non-hydrogen) atoms. The van der Waals surface area contributed by atoms with Gasteiger partial charge in [-0.15, -0.1) is 0 Å². The Morgan fingerprint density at radius 1 is 1.39 bits per heavy atom. The second-order valence-corrected chi connectivity index (χ2v) is 4.43. The minimum atomic E-state index is -4.31. The second-order valence-electron chi connectivity index (χ2n) is 4.43. The molecule has 0 aromatic heterocycles. The summed E-state index contributed by atoms with van der Waals surface area (Å²) in [6.45, 7) is 2.71. The van der Waals surface area contributed by atoms with E-state index in [1.165, 1.54) is 6.07 Å². The van der Waals surface area contributed by atoms with E-state index < -0.39 is 11.7 Å². The summed E-state index contributed by atoms with van der Waals surface area (Å²) in [4.78, 5) is 1.84. The Balaban J connectivity index is 2.71. The summed E-state index contributed by atoms with van der Waals surface area (Å²) < 4.78 is 37.5. The summed E-state index contributed by atoms with van der Waals surface area (Å²) in [5.41, 5.74) is -0.0424. The molecular formula is C13H15F3N2. The Hall–Kier alpha value is -1.54. The van der Waals surface area contributed by atoms with Crippen LogP contribution in [-0.4, -0.2) is 18.5 Å². The number of halogens is 3. The first-order valence-electron chi connectivity index (χ1n) is 5.57. The molecule has 0 spiro atoms. The molecule has 0 radical (unpaired) electrons. The Bertz CT molecular complexity index is 435. The first-order valence-corrected chi connectivity index (χ1v) is 5.57. The maximum Gasteiger partial charge on any atom is 0.416 e. The number of nitrogens with zero attached hydrogens (tertiary/aromatic N) is 2. The van der Waals surface area contributed by atoms with Gasteiger partial charge in [-0.2, -0.15) is 18.4 Å². The van der Waals surface area contributed by atoms with Crippen molar-refractivity contribution in [2.75, 3.05) is 13.6 Å². The zero-order valence-electron chi connectivity index (χ0n) is 10.3. The molecule has 1 aromatic carbocycles. The molecule has 0 N–H and O–H groups in total. The van der Waals surface area contributed by atoms with E-state index in [-0.39, 0.29) is 5.92 Å². The van der Waals surface area contributed by atoms with Gasteiger partial charge in [0.1, 0.15) is 0 Å². The molecular weight excluding hydrogens is 241 g/mol. The minimum Gasteiger partial charge on any atom is -0.301 e. The van der Waals surface area contributed by atoms with Crippen LogP contribution in [0.15, 0.2) is 24.3 Å². The Labute approximate surface area is 105 Å². The largest absolute Gasteiger partial charge is 0.416 e. The van der Waals surface area contributed by atoms with E-state index in [2.05, 4.69) is 6.07 Å². The molecule has 0 amide bonds. The molecule has 0 bridgehead atoms. The van der Waals surface area contributed by atoms with Gasteiger partial charge in [0.15, 0.2) is 0 Å². The highest BCUT2D eigenvalue weighted by molar-refractivity contribution is 5.25. The van der Waals surface area contributed by atoms with Crippen LogP contribution in [0.3, 0.4) is 0 Å². The molecule has 0 saturated carbocycles. The Morgan fingerprint density at radius 3 is 2.61 bits per heavy atom. The Kier molecular flexibility index (Phi) is 4.74. The third-order valence-electron chi connectivity index (χ3n) is 2.51. The molecule has 0 aliphatic rings. The van der Waals surface area contributed by atoms with Crippen molar-refractivity contribution < 1.29 is 13.2 Å². The van der Waals surface area contributed by atoms with Crippen molar-refractivity contribution in [2.45, 2.75) is 19.6 Å². The summed E-state index contributed by atoms with van der Waals surface area (Å²) in [7, 11) is 1.79. The van der Waals surface area contributed by atoms with Crippen LogP contribution in [0.2, 0.25) is 0 Å². The zero-order valence-corrected chi connectivity index (χ0v) is 10.3. The average molecular weight is 256 g/mol. The van der Waals surface area contributed by atoms with Crippen LogP contribution in [0.25, 0.3) is 0 Å². The third kappa shape index (κ3) is 4.38. The summed E-state index contributed by atoms with van der Waals surface area (Å²) in [6, 6.07) is 7.36. The molecule has 0 aliphatic heterocycles. The van der Waals surface area contributed by atoms with Crippen LogP contribution in [0.4, 0.5) is 13.2 Å². The van der Waals surface area contributed by atoms with E-state index >= 15 is 0 Å². The maximum atomic E-state index is 12.5. The molecule has 1 aromatic rings. The lowest BCUT2D eigenvalue weighted by molar-refractivity contribution is -0.137. The Morgan fingerprint density at radius 2 is 2.06 bits per heavy atom. The fraction of sp³-hybridized carbons (Fsp3) is 0.462. The summed E-state index contributed by atoms with van der Waals surface area (Å²) in [5, 5.41) is 8.68. The van der Waals surface area contributed by atoms with Gasteiger partial charge in [0.2, 0.25) is 0 Å². The van der Waals surface area contributed by atoms with E-state index in [9.17, 15) is 13.2 Å². The number of nitriles is 1. The van der Waals surface area contributed by atoms with Crippen LogP contribution in [-0.2, 0) is 12.7 Å². The molecule has 1 rings (SSSR count). The first kappa shape index (κ1) is 14.5. The number of hydrogen-bond acceptors (Lipinski definition) is 2. The van der Waals surface area contributed by atoms with Crippen LogP contribution in [0.5, 0.6) is 0 Å². The van der Waals surface area contributed by atoms with Crippen molar-refractivity contribution in [3.8, 4) is 6.07 Å². The van der Waals surface area contributed by atoms with Gasteiger partial charge in [0, 0.05) is 13.1 Å². The fourth-order valence-electron chi connectivity index (χ4n) is 1.73. The van der Waals surface area contributed by atoms with Gasteiger partial charge in [-0.1, -0.05) is 18.2 Å². The van der Waals surface area contributed by atoms with Crippen molar-refractivity contribution >= 4 is 0 Å². The normalized spacial score (nSPS) is 13.4. The predicted octanol–water partition coefficient (Wildman–Crippen LogP) is 3.30. The van der Waals surface area contributed by atoms with Crippen molar-refractivity contribution in [3.05, 3.63) is 35.4 Å². The van der Waals surface area contributed by atoms with E-state index in [4.69, 9.17) is 5.26 Å². The van der Waals surface area contributed by atoms with Crippen LogP contribution in [0.1, 0.15) is 18.1 Å². The van der Waals surface area contributed by atoms with Gasteiger partial charge < -0.3 is 4.90 Å². The van der Waals surface area contributed by atoms with E-state index in [1.807, 2.05) is 4.90 Å². The van der Waals surface area contributed by atoms with Gasteiger partial charge >= 0.3 is 6.18 Å². The summed E-state index contributed by atoms with van der Waals surface area (Å²) >= 11 is 0. The number of hydrogen-bond donors (Lipinski definition) is 0. The van der Waals surface area contributed by atoms with Gasteiger partial charge in [0.25, 0.3) is 0 Å². The number of alkyl halides is 3. The molecule has 1 atom stereocenters. The third-order valence-corrected chi connectivity index (χ3v) is 2.51. The lowest BCUT2D eigenvalue weighted by Crippen LogP contribution is -2.23. The highest BCUT2D eigenvalue weighted by Gasteiger charge is 2.30. The first-order chi connectivity index (χ1) is 8.32. The molecule has 0 heterocycles. The van der Waals surface area contributed by atoms with E-state index in [0.717, 1.165) is 12.1 Å². The van der Waals surface area contributed by atoms with Crippen molar-refractivity contribution in [1.29, 1.82) is 5.26 Å². The fourth-order valence-corrected chi connectivity index (χ4v) is 1.73. The van der Waals surface area contributed by atoms with Crippen molar-refractivity contribution in [1.82, 2.24) is 4.90 Å². The highest BCUT2D eigenvalue weighted by Crippen LogP contribution is 2.29. The van der Waals surface area contributed by atoms with E-state index in [0.29, 0.717) is 18.7 Å². The molecule has 1 unspecified atom stereocenters. The second kappa shape index (κ2) is 5.87. The molecule has 5 heteroatoms. The predicted molar refractivity (Wildman–Crippen MR) is 62.6 cm³/mol. The number of benzene rings is 1. The minimum absolute atomic E-state index is 0.138. The standard InChI is InChI=1S/C13H15F3N2/c1-10(7-17)8-18(2)9-11-4-3-5-12(6-11)13(14,15)16/h3-6,10H,8-9H2,1-2H3. The summed E-state index contributed by atoms with van der Waals surface area (Å²) in [5.74, 6) is -0.138. The molecule has 0 fully saturated rings. The molecule has 98 valence electrons. The SMILES string of the molecule is CC(C#N)CN(C)Cc1cccc(C(F)(F)F)c1. The highest BCUT2D eigenvalue weighted by atomic mass is 19.4. The van der Waals surface area contributed by atoms with Crippen LogP contribution >= 0.6 is 0 Å². The molecule has 2 nitrogen and oxygen atoms in total. The number of rotatable bonds is 4. The van der Waals surface area contributed by atoms with Gasteiger partial charge in [-0.3, -0.25) is 0 Å². The van der Waals surface area contributed by atoms with Crippen molar-refractivity contribution in [3.63, 3.8) is 0 Å². The monoisotopic (exact) mass is 256 g/mol. The maximum absolute atomic E-state index is 12.5. The summed E-state index contributed by atoms with van der Waals surface area (Å²) in [6.07, 6.45) is -4.31. The van der Waals surface area contributed by atoms with Gasteiger partial charge in [-0.05, 0) is 25.6 Å². The van der Waals surface area contributed by atoms with Crippen LogP contribution in [0, 0.1) is 17.2 Å². The average Bonchev–Trinajstić information content (AvgIpc) is 2.27. The van der Waals surface area contributed by atoms with Crippen molar-refractivity contribution in [2.24, 2.45) is 5.92 Å². The van der Waals surface area contributed by atoms with Crippen LogP contribution < -0.4 is 0 Å². The lowest BCUT2D eigenvalue weighted by Gasteiger charge is -2.18. The van der Waals surface area contributed by atoms with E-state index in [1.54, 1.807) is 20.0 Å². The van der Waals surface area contributed by atoms with Gasteiger partial charge in [0.05, 0.1) is 17.6 Å². The molecule has 0 aliphatic carbocycles. The van der Waals surface area contributed by atoms with Gasteiger partial charge in [-0.25, -0.2) is 0 Å². The molecule has 0 saturated heterocycles. The quantitative estimate of drug-likeness (QED) is 0.826. The lowest BCUT2D eigenvalue weighted by atomic mass is 10.1. The smallest absolute Gasteiger partial charge is 0.301 e.